The Balaban J connectivity index is 1.53. The van der Waals surface area contributed by atoms with E-state index in [1.165, 1.54) is 12.0 Å². The maximum Gasteiger partial charge on any atom is 0.329 e. The van der Waals surface area contributed by atoms with Gasteiger partial charge < -0.3 is 58.9 Å². The van der Waals surface area contributed by atoms with Gasteiger partial charge in [-0.3, -0.25) is 9.59 Å². The summed E-state index contributed by atoms with van der Waals surface area (Å²) in [6.45, 7) is 13.3. The van der Waals surface area contributed by atoms with Crippen molar-refractivity contribution in [2.45, 2.75) is 192 Å². The van der Waals surface area contributed by atoms with Crippen molar-refractivity contribution in [1.82, 2.24) is 4.90 Å². The Morgan fingerprint density at radius 2 is 1.55 bits per heavy atom. The highest BCUT2D eigenvalue weighted by Crippen LogP contribution is 2.43. The summed E-state index contributed by atoms with van der Waals surface area (Å²) in [5, 5.41) is 58.0. The van der Waals surface area contributed by atoms with Gasteiger partial charge in [-0.15, -0.1) is 0 Å². The first-order valence-corrected chi connectivity index (χ1v) is 26.8. The molecule has 0 spiro atoms. The number of hydrogen-bond donors (Lipinski definition) is 5. The van der Waals surface area contributed by atoms with Crippen molar-refractivity contribution in [2.24, 2.45) is 35.5 Å². The predicted molar refractivity (Wildman–Crippen MR) is 279 cm³/mol. The van der Waals surface area contributed by atoms with Gasteiger partial charge in [0.25, 0.3) is 11.7 Å². The standard InChI is InChI=1S/C58H89NO14/c1-34-17-13-12-14-18-35(2)45(44-24-23-42(68-8)32-50(44)69-9)31-43-22-20-40(7)58(67,73-43)55(64)56(65)59-26-16-15-19-46(59)57(66)72-49(37(4)29-41-21-25-47(60)51(30-41)70-10)33-48(61)36(3)28-39(6)53(63)54(71-11)52(62)38(5)27-34/h12-14,17-18,23-24,28,32,34,36-38,40-41,43,45-49,51-54,60-63,67H,15-16,19-22,25-27,29-31,33H2,1-11H3/b14-12?,17-13+,35-18?,39-28+. The van der Waals surface area contributed by atoms with E-state index in [1.54, 1.807) is 41.3 Å². The molecule has 4 aliphatic rings. The van der Waals surface area contributed by atoms with Crippen molar-refractivity contribution >= 4 is 17.7 Å². The summed E-state index contributed by atoms with van der Waals surface area (Å²) in [5.74, 6) is -6.05. The molecule has 0 radical (unpaired) electrons. The van der Waals surface area contributed by atoms with Crippen LogP contribution in [-0.2, 0) is 33.3 Å². The number of methoxy groups -OCH3 is 4. The SMILES string of the molecule is COc1ccc(C2CC3CCC(C)C(O)(O3)C(=O)C(=O)N3CCCCC3C(=O)OC(C(C)CC3CCC(O)C(OC)C3)CC(O)C(C)/C=C(\C)C(O)C(OC)C(O)C(C)CC(C)/C=C/C=CC=C2C)c(OC)c1. The number of ketones is 1. The van der Waals surface area contributed by atoms with Crippen LogP contribution >= 0.6 is 0 Å². The zero-order valence-electron chi connectivity index (χ0n) is 45.5. The summed E-state index contributed by atoms with van der Waals surface area (Å²) in [6.07, 6.45) is 10.8. The number of nitrogens with zero attached hydrogens (tertiary/aromatic N) is 1. The molecule has 1 aromatic carbocycles. The number of fused-ring (bicyclic) bond motifs is 3. The van der Waals surface area contributed by atoms with Crippen molar-refractivity contribution in [3.8, 4) is 11.5 Å². The van der Waals surface area contributed by atoms with Gasteiger partial charge in [0.1, 0.15) is 35.9 Å². The zero-order valence-corrected chi connectivity index (χ0v) is 45.5. The summed E-state index contributed by atoms with van der Waals surface area (Å²) in [5.41, 5.74) is 2.29. The highest BCUT2D eigenvalue weighted by molar-refractivity contribution is 6.39. The number of cyclic esters (lactones) is 1. The van der Waals surface area contributed by atoms with Gasteiger partial charge in [0, 0.05) is 56.6 Å². The number of carbonyl (C=O) groups is 3. The van der Waals surface area contributed by atoms with Crippen LogP contribution in [0.1, 0.15) is 137 Å². The molecular weight excluding hydrogens is 935 g/mol. The number of hydrogen-bond acceptors (Lipinski definition) is 14. The molecule has 73 heavy (non-hydrogen) atoms. The quantitative estimate of drug-likeness (QED) is 0.0968. The molecule has 15 heteroatoms. The maximum absolute atomic E-state index is 14.6. The molecular formula is C58H89NO14. The minimum absolute atomic E-state index is 0.0229. The molecule has 2 saturated heterocycles. The second-order valence-corrected chi connectivity index (χ2v) is 21.9. The van der Waals surface area contributed by atoms with Gasteiger partial charge in [0.05, 0.1) is 44.7 Å². The molecule has 1 aromatic rings. The van der Waals surface area contributed by atoms with Crippen LogP contribution in [0.25, 0.3) is 0 Å². The number of rotatable bonds is 8. The fraction of sp³-hybridized carbons (Fsp3) is 0.707. The third-order valence-electron chi connectivity index (χ3n) is 16.5. The number of benzene rings is 1. The second kappa shape index (κ2) is 27.7. The number of piperidine rings is 1. The van der Waals surface area contributed by atoms with Gasteiger partial charge in [0.15, 0.2) is 0 Å². The molecule has 2 bridgehead atoms. The molecule has 17 atom stereocenters. The lowest BCUT2D eigenvalue weighted by Gasteiger charge is -2.43. The van der Waals surface area contributed by atoms with Crippen LogP contribution in [0, 0.1) is 35.5 Å². The van der Waals surface area contributed by atoms with E-state index >= 15 is 0 Å². The minimum Gasteiger partial charge on any atom is -0.497 e. The van der Waals surface area contributed by atoms with E-state index in [9.17, 15) is 39.9 Å². The Morgan fingerprint density at radius 3 is 2.23 bits per heavy atom. The fourth-order valence-corrected chi connectivity index (χ4v) is 11.7. The van der Waals surface area contributed by atoms with E-state index in [-0.39, 0.29) is 55.1 Å². The Labute approximate surface area is 435 Å². The van der Waals surface area contributed by atoms with E-state index in [2.05, 4.69) is 13.0 Å². The molecule has 5 N–H and O–H groups in total. The average molecular weight is 1020 g/mol. The van der Waals surface area contributed by atoms with Crippen LogP contribution in [0.2, 0.25) is 0 Å². The number of Topliss-reactive ketones (excluding diaryl/α,β-unsaturated/α-hetero) is 1. The smallest absolute Gasteiger partial charge is 0.329 e. The van der Waals surface area contributed by atoms with E-state index in [1.807, 2.05) is 70.2 Å². The van der Waals surface area contributed by atoms with E-state index in [4.69, 9.17) is 28.4 Å². The molecule has 3 heterocycles. The van der Waals surface area contributed by atoms with E-state index in [0.29, 0.717) is 74.9 Å². The maximum atomic E-state index is 14.6. The summed E-state index contributed by atoms with van der Waals surface area (Å²) in [4.78, 5) is 44.9. The fourth-order valence-electron chi connectivity index (χ4n) is 11.7. The molecule has 17 unspecified atom stereocenters. The molecule has 0 aromatic heterocycles. The van der Waals surface area contributed by atoms with Crippen LogP contribution in [0.5, 0.6) is 11.5 Å². The number of ether oxygens (including phenoxy) is 6. The topological polar surface area (TPSA) is 211 Å². The van der Waals surface area contributed by atoms with Gasteiger partial charge in [-0.2, -0.15) is 0 Å². The molecule has 3 aliphatic heterocycles. The normalized spacial score (nSPS) is 38.0. The largest absolute Gasteiger partial charge is 0.497 e. The monoisotopic (exact) mass is 1020 g/mol. The number of aliphatic hydroxyl groups is 5. The predicted octanol–water partition coefficient (Wildman–Crippen LogP) is 7.55. The van der Waals surface area contributed by atoms with Gasteiger partial charge in [0.2, 0.25) is 5.79 Å². The first-order chi connectivity index (χ1) is 34.7. The van der Waals surface area contributed by atoms with Crippen molar-refractivity contribution in [2.75, 3.05) is 35.0 Å². The summed E-state index contributed by atoms with van der Waals surface area (Å²) >= 11 is 0. The third kappa shape index (κ3) is 15.4. The molecule has 3 fully saturated rings. The Kier molecular flexibility index (Phi) is 22.8. The lowest BCUT2D eigenvalue weighted by atomic mass is 9.78. The van der Waals surface area contributed by atoms with Crippen molar-refractivity contribution in [3.05, 3.63) is 71.4 Å². The lowest BCUT2D eigenvalue weighted by molar-refractivity contribution is -0.264. The van der Waals surface area contributed by atoms with Crippen molar-refractivity contribution < 1.29 is 68.3 Å². The number of carbonyl (C=O) groups excluding carboxylic acids is 3. The Hall–Kier alpha value is -3.93. The number of amides is 1. The number of aliphatic hydroxyl groups excluding tert-OH is 4. The Morgan fingerprint density at radius 1 is 0.808 bits per heavy atom. The van der Waals surface area contributed by atoms with E-state index in [0.717, 1.165) is 17.6 Å². The summed E-state index contributed by atoms with van der Waals surface area (Å²) < 4.78 is 35.5. The summed E-state index contributed by atoms with van der Waals surface area (Å²) in [6, 6.07) is 4.46. The first-order valence-electron chi connectivity index (χ1n) is 26.8. The summed E-state index contributed by atoms with van der Waals surface area (Å²) in [7, 11) is 6.21. The number of allylic oxidation sites excluding steroid dienone is 6. The van der Waals surface area contributed by atoms with Gasteiger partial charge in [-0.25, -0.2) is 4.79 Å². The first kappa shape index (κ1) is 59.9. The third-order valence-corrected chi connectivity index (χ3v) is 16.5. The molecule has 5 rings (SSSR count). The van der Waals surface area contributed by atoms with Crippen LogP contribution in [0.3, 0.4) is 0 Å². The van der Waals surface area contributed by atoms with Gasteiger partial charge in [-0.1, -0.05) is 82.7 Å². The van der Waals surface area contributed by atoms with E-state index < -0.39 is 84.1 Å². The van der Waals surface area contributed by atoms with Gasteiger partial charge >= 0.3 is 5.97 Å². The van der Waals surface area contributed by atoms with Crippen LogP contribution in [0.15, 0.2) is 65.8 Å². The van der Waals surface area contributed by atoms with Crippen LogP contribution in [-0.4, -0.2) is 144 Å². The van der Waals surface area contributed by atoms with Gasteiger partial charge in [-0.05, 0) is 120 Å². The van der Waals surface area contributed by atoms with Crippen LogP contribution < -0.4 is 9.47 Å². The van der Waals surface area contributed by atoms with Crippen molar-refractivity contribution in [1.29, 1.82) is 0 Å². The minimum atomic E-state index is -2.47. The molecule has 1 aliphatic carbocycles. The highest BCUT2D eigenvalue weighted by Gasteiger charge is 2.53. The number of esters is 1. The highest BCUT2D eigenvalue weighted by atomic mass is 16.6. The van der Waals surface area contributed by atoms with Crippen LogP contribution in [0.4, 0.5) is 0 Å². The molecule has 410 valence electrons. The lowest BCUT2D eigenvalue weighted by Crippen LogP contribution is -2.60. The average Bonchev–Trinajstić information content (AvgIpc) is 3.38. The molecule has 15 nitrogen and oxygen atoms in total. The zero-order chi connectivity index (χ0) is 53.7. The van der Waals surface area contributed by atoms with Crippen molar-refractivity contribution in [3.63, 3.8) is 0 Å². The second-order valence-electron chi connectivity index (χ2n) is 21.9. The molecule has 1 saturated carbocycles. The Bertz CT molecular complexity index is 2090. The molecule has 1 amide bonds.